The highest BCUT2D eigenvalue weighted by Gasteiger charge is 2.32. The summed E-state index contributed by atoms with van der Waals surface area (Å²) >= 11 is 0. The zero-order valence-corrected chi connectivity index (χ0v) is 17.2. The van der Waals surface area contributed by atoms with Gasteiger partial charge in [0.15, 0.2) is 0 Å². The largest absolute Gasteiger partial charge is 0.497 e. The molecule has 3 rings (SSSR count). The summed E-state index contributed by atoms with van der Waals surface area (Å²) in [4.78, 5) is 0.447. The molecule has 1 saturated heterocycles. The Morgan fingerprint density at radius 3 is 1.96 bits per heavy atom. The zero-order chi connectivity index (χ0) is 19.6. The van der Waals surface area contributed by atoms with Gasteiger partial charge in [0, 0.05) is 13.1 Å². The predicted molar refractivity (Wildman–Crippen MR) is 106 cm³/mol. The van der Waals surface area contributed by atoms with Gasteiger partial charge in [0.05, 0.1) is 12.0 Å². The molecule has 2 aromatic carbocycles. The van der Waals surface area contributed by atoms with Gasteiger partial charge in [-0.25, -0.2) is 8.42 Å². The Morgan fingerprint density at radius 1 is 0.926 bits per heavy atom. The van der Waals surface area contributed by atoms with Crippen molar-refractivity contribution >= 4 is 10.0 Å². The highest BCUT2D eigenvalue weighted by molar-refractivity contribution is 7.89. The van der Waals surface area contributed by atoms with Crippen LogP contribution in [0.2, 0.25) is 0 Å². The Labute approximate surface area is 162 Å². The summed E-state index contributed by atoms with van der Waals surface area (Å²) in [5, 5.41) is 0. The lowest BCUT2D eigenvalue weighted by atomic mass is 10.1. The molecule has 27 heavy (non-hydrogen) atoms. The van der Waals surface area contributed by atoms with Crippen molar-refractivity contribution in [2.24, 2.45) is 0 Å². The Hall–Kier alpha value is -2.05. The van der Waals surface area contributed by atoms with Gasteiger partial charge in [0.2, 0.25) is 10.0 Å². The van der Waals surface area contributed by atoms with Crippen molar-refractivity contribution in [2.45, 2.75) is 44.6 Å². The van der Waals surface area contributed by atoms with E-state index in [2.05, 4.69) is 0 Å². The average Bonchev–Trinajstić information content (AvgIpc) is 2.61. The smallest absolute Gasteiger partial charge is 0.243 e. The van der Waals surface area contributed by atoms with E-state index in [1.807, 2.05) is 57.2 Å². The van der Waals surface area contributed by atoms with Crippen LogP contribution in [-0.2, 0) is 10.0 Å². The van der Waals surface area contributed by atoms with Gasteiger partial charge >= 0.3 is 0 Å². The summed E-state index contributed by atoms with van der Waals surface area (Å²) in [6, 6.07) is 11.3. The van der Waals surface area contributed by atoms with Gasteiger partial charge in [-0.05, 0) is 69.0 Å². The number of methoxy groups -OCH3 is 1. The number of benzene rings is 2. The molecule has 146 valence electrons. The standard InChI is InChI=1S/C21H27NO4S/c1-15-13-16(2)21(17(3)14-15)27(23,24)22-11-9-20(10-12-22)26-19-7-5-18(25-4)6-8-19/h5-8,13-14,20H,9-12H2,1-4H3. The normalized spacial score (nSPS) is 16.3. The van der Waals surface area contributed by atoms with E-state index in [4.69, 9.17) is 9.47 Å². The van der Waals surface area contributed by atoms with Crippen LogP contribution in [0.5, 0.6) is 11.5 Å². The SMILES string of the molecule is COc1ccc(OC2CCN(S(=O)(=O)c3c(C)cc(C)cc3C)CC2)cc1. The van der Waals surface area contributed by atoms with E-state index in [1.54, 1.807) is 11.4 Å². The van der Waals surface area contributed by atoms with Crippen LogP contribution in [-0.4, -0.2) is 39.0 Å². The maximum atomic E-state index is 13.1. The van der Waals surface area contributed by atoms with Crippen LogP contribution in [0.25, 0.3) is 0 Å². The molecule has 0 spiro atoms. The number of ether oxygens (including phenoxy) is 2. The van der Waals surface area contributed by atoms with Gasteiger partial charge in [-0.1, -0.05) is 17.7 Å². The number of hydrogen-bond acceptors (Lipinski definition) is 4. The third kappa shape index (κ3) is 4.28. The topological polar surface area (TPSA) is 55.8 Å². The maximum absolute atomic E-state index is 13.1. The first-order valence-corrected chi connectivity index (χ1v) is 10.6. The highest BCUT2D eigenvalue weighted by Crippen LogP contribution is 2.28. The minimum absolute atomic E-state index is 0.0186. The second-order valence-corrected chi connectivity index (χ2v) is 9.00. The molecule has 5 nitrogen and oxygen atoms in total. The van der Waals surface area contributed by atoms with E-state index in [9.17, 15) is 8.42 Å². The van der Waals surface area contributed by atoms with Gasteiger partial charge < -0.3 is 9.47 Å². The van der Waals surface area contributed by atoms with E-state index in [0.29, 0.717) is 30.8 Å². The van der Waals surface area contributed by atoms with E-state index in [1.165, 1.54) is 0 Å². The molecule has 0 N–H and O–H groups in total. The molecule has 0 amide bonds. The highest BCUT2D eigenvalue weighted by atomic mass is 32.2. The van der Waals surface area contributed by atoms with Crippen molar-refractivity contribution < 1.29 is 17.9 Å². The third-order valence-corrected chi connectivity index (χ3v) is 7.17. The van der Waals surface area contributed by atoms with Crippen molar-refractivity contribution in [3.8, 4) is 11.5 Å². The van der Waals surface area contributed by atoms with Crippen LogP contribution < -0.4 is 9.47 Å². The molecular weight excluding hydrogens is 362 g/mol. The molecule has 1 fully saturated rings. The zero-order valence-electron chi connectivity index (χ0n) is 16.4. The summed E-state index contributed by atoms with van der Waals surface area (Å²) in [7, 11) is -1.86. The molecule has 1 aliphatic heterocycles. The lowest BCUT2D eigenvalue weighted by molar-refractivity contribution is 0.135. The van der Waals surface area contributed by atoms with Crippen LogP contribution in [0.4, 0.5) is 0 Å². The van der Waals surface area contributed by atoms with Crippen LogP contribution in [0.15, 0.2) is 41.3 Å². The second-order valence-electron chi connectivity index (χ2n) is 7.12. The first kappa shape index (κ1) is 19.7. The molecule has 6 heteroatoms. The quantitative estimate of drug-likeness (QED) is 0.779. The summed E-state index contributed by atoms with van der Waals surface area (Å²) in [5.41, 5.74) is 2.70. The van der Waals surface area contributed by atoms with Gasteiger partial charge in [-0.15, -0.1) is 0 Å². The molecule has 0 saturated carbocycles. The molecule has 1 aliphatic rings. The van der Waals surface area contributed by atoms with Crippen molar-refractivity contribution in [3.05, 3.63) is 53.1 Å². The van der Waals surface area contributed by atoms with E-state index in [0.717, 1.165) is 28.2 Å². The molecule has 0 unspecified atom stereocenters. The number of aryl methyl sites for hydroxylation is 3. The predicted octanol–water partition coefficient (Wildman–Crippen LogP) is 3.85. The van der Waals surface area contributed by atoms with Crippen molar-refractivity contribution in [1.82, 2.24) is 4.31 Å². The Kier molecular flexibility index (Phi) is 5.77. The van der Waals surface area contributed by atoms with Gasteiger partial charge in [0.25, 0.3) is 0 Å². The van der Waals surface area contributed by atoms with E-state index in [-0.39, 0.29) is 6.10 Å². The van der Waals surface area contributed by atoms with Crippen LogP contribution in [0.1, 0.15) is 29.5 Å². The number of nitrogens with zero attached hydrogens (tertiary/aromatic N) is 1. The van der Waals surface area contributed by atoms with E-state index < -0.39 is 10.0 Å². The number of rotatable bonds is 5. The Bertz CT molecular complexity index is 875. The fourth-order valence-electron chi connectivity index (χ4n) is 3.74. The van der Waals surface area contributed by atoms with Crippen LogP contribution in [0.3, 0.4) is 0 Å². The van der Waals surface area contributed by atoms with Crippen LogP contribution >= 0.6 is 0 Å². The van der Waals surface area contributed by atoms with Crippen molar-refractivity contribution in [3.63, 3.8) is 0 Å². The van der Waals surface area contributed by atoms with Gasteiger partial charge in [0.1, 0.15) is 17.6 Å². The fourth-order valence-corrected chi connectivity index (χ4v) is 5.62. The Balaban J connectivity index is 1.67. The third-order valence-electron chi connectivity index (χ3n) is 4.97. The second kappa shape index (κ2) is 7.90. The number of piperidine rings is 1. The summed E-state index contributed by atoms with van der Waals surface area (Å²) in [6.07, 6.45) is 1.37. The monoisotopic (exact) mass is 389 g/mol. The fraction of sp³-hybridized carbons (Fsp3) is 0.429. The summed E-state index contributed by atoms with van der Waals surface area (Å²) < 4.78 is 39.0. The first-order chi connectivity index (χ1) is 12.8. The molecule has 0 radical (unpaired) electrons. The molecule has 0 bridgehead atoms. The number of sulfonamides is 1. The number of hydrogen-bond donors (Lipinski definition) is 0. The molecule has 0 aromatic heterocycles. The minimum Gasteiger partial charge on any atom is -0.497 e. The van der Waals surface area contributed by atoms with Crippen molar-refractivity contribution in [2.75, 3.05) is 20.2 Å². The summed E-state index contributed by atoms with van der Waals surface area (Å²) in [6.45, 7) is 6.66. The lowest BCUT2D eigenvalue weighted by Crippen LogP contribution is -2.42. The minimum atomic E-state index is -3.48. The Morgan fingerprint density at radius 2 is 1.44 bits per heavy atom. The molecule has 2 aromatic rings. The van der Waals surface area contributed by atoms with Crippen LogP contribution in [0, 0.1) is 20.8 Å². The van der Waals surface area contributed by atoms with E-state index >= 15 is 0 Å². The maximum Gasteiger partial charge on any atom is 0.243 e. The van der Waals surface area contributed by atoms with Crippen molar-refractivity contribution in [1.29, 1.82) is 0 Å². The molecular formula is C21H27NO4S. The molecule has 0 aliphatic carbocycles. The molecule has 0 atom stereocenters. The first-order valence-electron chi connectivity index (χ1n) is 9.20. The summed E-state index contributed by atoms with van der Waals surface area (Å²) in [5.74, 6) is 1.56. The lowest BCUT2D eigenvalue weighted by Gasteiger charge is -2.32. The van der Waals surface area contributed by atoms with Gasteiger partial charge in [-0.2, -0.15) is 4.31 Å². The van der Waals surface area contributed by atoms with Gasteiger partial charge in [-0.3, -0.25) is 0 Å². The average molecular weight is 390 g/mol. The molecule has 1 heterocycles.